The highest BCUT2D eigenvalue weighted by Crippen LogP contribution is 2.31. The monoisotopic (exact) mass is 375 g/mol. The van der Waals surface area contributed by atoms with Gasteiger partial charge in [-0.05, 0) is 57.8 Å². The molecule has 26 heavy (non-hydrogen) atoms. The Morgan fingerprint density at radius 1 is 1.27 bits per heavy atom. The number of aromatic nitrogens is 1. The summed E-state index contributed by atoms with van der Waals surface area (Å²) in [5, 5.41) is 0. The molecule has 0 bridgehead atoms. The van der Waals surface area contributed by atoms with Crippen LogP contribution in [0.2, 0.25) is 0 Å². The van der Waals surface area contributed by atoms with Crippen LogP contribution in [0.15, 0.2) is 12.1 Å². The number of carbonyl (C=O) groups excluding carboxylic acids is 1. The molecule has 0 spiro atoms. The van der Waals surface area contributed by atoms with Crippen LogP contribution in [0, 0.1) is 6.92 Å². The smallest absolute Gasteiger partial charge is 0.256 e. The summed E-state index contributed by atoms with van der Waals surface area (Å²) >= 11 is 1.83. The van der Waals surface area contributed by atoms with Crippen molar-refractivity contribution in [2.75, 3.05) is 44.4 Å². The Morgan fingerprint density at radius 2 is 2.12 bits per heavy atom. The van der Waals surface area contributed by atoms with Gasteiger partial charge in [0.15, 0.2) is 0 Å². The van der Waals surface area contributed by atoms with Gasteiger partial charge in [0, 0.05) is 37.1 Å². The van der Waals surface area contributed by atoms with Crippen molar-refractivity contribution >= 4 is 17.7 Å². The highest BCUT2D eigenvalue weighted by Gasteiger charge is 2.30. The molecule has 0 aliphatic carbocycles. The quantitative estimate of drug-likeness (QED) is 0.810. The third kappa shape index (κ3) is 4.07. The van der Waals surface area contributed by atoms with Gasteiger partial charge in [0.1, 0.15) is 0 Å². The fourth-order valence-corrected chi connectivity index (χ4v) is 5.22. The van der Waals surface area contributed by atoms with Crippen LogP contribution in [0.5, 0.6) is 0 Å². The van der Waals surface area contributed by atoms with Gasteiger partial charge in [-0.1, -0.05) is 0 Å². The third-order valence-electron chi connectivity index (χ3n) is 5.79. The molecular weight excluding hydrogens is 346 g/mol. The van der Waals surface area contributed by atoms with Gasteiger partial charge in [0.2, 0.25) is 0 Å². The Balaban J connectivity index is 1.43. The predicted molar refractivity (Wildman–Crippen MR) is 105 cm³/mol. The van der Waals surface area contributed by atoms with E-state index in [4.69, 9.17) is 9.72 Å². The number of rotatable bonds is 4. The van der Waals surface area contributed by atoms with Gasteiger partial charge in [-0.2, -0.15) is 0 Å². The summed E-state index contributed by atoms with van der Waals surface area (Å²) in [6.45, 7) is 7.02. The van der Waals surface area contributed by atoms with E-state index in [1.807, 2.05) is 35.7 Å². The van der Waals surface area contributed by atoms with Crippen LogP contribution in [0.4, 0.5) is 0 Å². The molecule has 0 radical (unpaired) electrons. The zero-order valence-electron chi connectivity index (χ0n) is 15.7. The average molecular weight is 376 g/mol. The number of thioether (sulfide) groups is 1. The summed E-state index contributed by atoms with van der Waals surface area (Å²) in [7, 11) is 0. The molecule has 1 aromatic heterocycles. The zero-order valence-corrected chi connectivity index (χ0v) is 16.5. The van der Waals surface area contributed by atoms with E-state index in [1.54, 1.807) is 0 Å². The van der Waals surface area contributed by atoms with E-state index in [0.717, 1.165) is 74.2 Å². The van der Waals surface area contributed by atoms with E-state index in [2.05, 4.69) is 4.90 Å². The summed E-state index contributed by atoms with van der Waals surface area (Å²) in [4.78, 5) is 22.3. The summed E-state index contributed by atoms with van der Waals surface area (Å²) in [5.41, 5.74) is 2.87. The number of likely N-dealkylation sites (tertiary alicyclic amines) is 1. The van der Waals surface area contributed by atoms with E-state index >= 15 is 0 Å². The van der Waals surface area contributed by atoms with Gasteiger partial charge in [-0.25, -0.2) is 0 Å². The van der Waals surface area contributed by atoms with Crippen molar-refractivity contribution in [3.8, 4) is 0 Å². The molecule has 0 N–H and O–H groups in total. The minimum absolute atomic E-state index is 0.166. The van der Waals surface area contributed by atoms with Crippen molar-refractivity contribution in [3.63, 3.8) is 0 Å². The first-order valence-electron chi connectivity index (χ1n) is 9.89. The van der Waals surface area contributed by atoms with Crippen LogP contribution in [0.3, 0.4) is 0 Å². The number of ether oxygens (including phenoxy) is 1. The molecule has 4 rings (SSSR count). The Bertz CT molecular complexity index is 634. The minimum Gasteiger partial charge on any atom is -0.377 e. The second-order valence-corrected chi connectivity index (χ2v) is 8.78. The van der Waals surface area contributed by atoms with Gasteiger partial charge < -0.3 is 14.5 Å². The van der Waals surface area contributed by atoms with E-state index in [1.165, 1.54) is 12.8 Å². The van der Waals surface area contributed by atoms with Crippen LogP contribution in [-0.2, 0) is 4.74 Å². The summed E-state index contributed by atoms with van der Waals surface area (Å²) in [6.07, 6.45) is 4.99. The van der Waals surface area contributed by atoms with Crippen LogP contribution < -0.4 is 0 Å². The van der Waals surface area contributed by atoms with Crippen LogP contribution in [0.25, 0.3) is 0 Å². The number of carbonyl (C=O) groups is 1. The Kier molecular flexibility index (Phi) is 5.81. The molecule has 1 atom stereocenters. The molecule has 6 heteroatoms. The molecular formula is C20H29N3O2S. The minimum atomic E-state index is 0.166. The second kappa shape index (κ2) is 8.28. The van der Waals surface area contributed by atoms with Crippen molar-refractivity contribution in [3.05, 3.63) is 29.1 Å². The molecule has 0 aromatic carbocycles. The Labute approximate surface area is 160 Å². The van der Waals surface area contributed by atoms with Crippen molar-refractivity contribution in [1.82, 2.24) is 14.8 Å². The van der Waals surface area contributed by atoms with Crippen molar-refractivity contribution in [1.29, 1.82) is 0 Å². The highest BCUT2D eigenvalue weighted by molar-refractivity contribution is 7.99. The first-order chi connectivity index (χ1) is 12.7. The zero-order chi connectivity index (χ0) is 17.9. The molecule has 3 saturated heterocycles. The number of hydrogen-bond acceptors (Lipinski definition) is 5. The van der Waals surface area contributed by atoms with E-state index in [9.17, 15) is 4.79 Å². The van der Waals surface area contributed by atoms with Crippen LogP contribution >= 0.6 is 11.8 Å². The second-order valence-electron chi connectivity index (χ2n) is 7.70. The van der Waals surface area contributed by atoms with E-state index in [0.29, 0.717) is 12.0 Å². The van der Waals surface area contributed by atoms with Gasteiger partial charge in [-0.15, -0.1) is 11.8 Å². The molecule has 1 unspecified atom stereocenters. The van der Waals surface area contributed by atoms with Gasteiger partial charge >= 0.3 is 0 Å². The van der Waals surface area contributed by atoms with Crippen molar-refractivity contribution < 1.29 is 9.53 Å². The lowest BCUT2D eigenvalue weighted by Gasteiger charge is -2.33. The van der Waals surface area contributed by atoms with Gasteiger partial charge in [-0.3, -0.25) is 9.78 Å². The lowest BCUT2D eigenvalue weighted by atomic mass is 9.89. The third-order valence-corrected chi connectivity index (χ3v) is 6.76. The molecule has 1 amide bonds. The summed E-state index contributed by atoms with van der Waals surface area (Å²) in [6, 6.07) is 3.98. The Morgan fingerprint density at radius 3 is 2.81 bits per heavy atom. The maximum Gasteiger partial charge on any atom is 0.256 e. The molecule has 3 aliphatic heterocycles. The Hall–Kier alpha value is -1.11. The number of hydrogen-bond donors (Lipinski definition) is 0. The normalized spacial score (nSPS) is 25.1. The lowest BCUT2D eigenvalue weighted by Crippen LogP contribution is -2.39. The van der Waals surface area contributed by atoms with E-state index in [-0.39, 0.29) is 5.91 Å². The number of amides is 1. The molecule has 142 valence electrons. The molecule has 3 aliphatic rings. The molecule has 3 fully saturated rings. The number of pyridine rings is 1. The van der Waals surface area contributed by atoms with Crippen LogP contribution in [-0.4, -0.2) is 71.2 Å². The molecule has 1 aromatic rings. The topological polar surface area (TPSA) is 45.7 Å². The van der Waals surface area contributed by atoms with Crippen molar-refractivity contribution in [2.45, 2.75) is 44.6 Å². The van der Waals surface area contributed by atoms with Crippen molar-refractivity contribution in [2.24, 2.45) is 0 Å². The van der Waals surface area contributed by atoms with E-state index < -0.39 is 0 Å². The first kappa shape index (κ1) is 18.3. The molecule has 0 saturated carbocycles. The predicted octanol–water partition coefficient (Wildman–Crippen LogP) is 2.89. The van der Waals surface area contributed by atoms with Gasteiger partial charge in [0.05, 0.1) is 23.2 Å². The lowest BCUT2D eigenvalue weighted by molar-refractivity contribution is 0.0640. The fourth-order valence-electron chi connectivity index (χ4n) is 4.28. The average Bonchev–Trinajstić information content (AvgIpc) is 3.36. The SMILES string of the molecule is Cc1ccc(C(=O)N2CCSC2)c(C2CCN(CC3CCCO3)CC2)n1. The standard InChI is InChI=1S/C20H29N3O2S/c1-15-4-5-18(20(24)23-10-12-26-14-23)19(21-15)16-6-8-22(9-7-16)13-17-3-2-11-25-17/h4-5,16-17H,2-3,6-14H2,1H3. The number of nitrogens with zero attached hydrogens (tertiary/aromatic N) is 3. The van der Waals surface area contributed by atoms with Crippen LogP contribution in [0.1, 0.15) is 53.3 Å². The molecule has 5 nitrogen and oxygen atoms in total. The molecule has 4 heterocycles. The highest BCUT2D eigenvalue weighted by atomic mass is 32.2. The maximum atomic E-state index is 13.0. The number of piperidine rings is 1. The largest absolute Gasteiger partial charge is 0.377 e. The summed E-state index contributed by atoms with van der Waals surface area (Å²) in [5.74, 6) is 2.41. The van der Waals surface area contributed by atoms with Gasteiger partial charge in [0.25, 0.3) is 5.91 Å². The number of aryl methyl sites for hydroxylation is 1. The summed E-state index contributed by atoms with van der Waals surface area (Å²) < 4.78 is 5.78. The maximum absolute atomic E-state index is 13.0. The fraction of sp³-hybridized carbons (Fsp3) is 0.700. The first-order valence-corrected chi connectivity index (χ1v) is 11.0.